The smallest absolute Gasteiger partial charge is 0.242 e. The lowest BCUT2D eigenvalue weighted by Gasteiger charge is -2.27. The number of hydrogen-bond acceptors (Lipinski definition) is 6. The zero-order valence-corrected chi connectivity index (χ0v) is 15.5. The topological polar surface area (TPSA) is 99.0 Å². The lowest BCUT2D eigenvalue weighted by molar-refractivity contribution is 0.565. The molecule has 1 N–H and O–H groups in total. The molecule has 1 aliphatic rings. The van der Waals surface area contributed by atoms with Crippen molar-refractivity contribution in [1.29, 1.82) is 5.26 Å². The molecule has 1 aromatic carbocycles. The highest BCUT2D eigenvalue weighted by molar-refractivity contribution is 7.89. The Balaban J connectivity index is 1.79. The molecule has 0 amide bonds. The SMILES string of the molecule is Cc1cc(CNS(=O)(=O)c2ccccc2C#N)nc(N2CCCCC2)n1. The molecule has 1 fully saturated rings. The van der Waals surface area contributed by atoms with E-state index in [4.69, 9.17) is 5.26 Å². The molecule has 0 atom stereocenters. The molecule has 7 nitrogen and oxygen atoms in total. The van der Waals surface area contributed by atoms with Crippen molar-refractivity contribution in [3.63, 3.8) is 0 Å². The van der Waals surface area contributed by atoms with Crippen LogP contribution in [0.25, 0.3) is 0 Å². The average Bonchev–Trinajstić information content (AvgIpc) is 2.67. The van der Waals surface area contributed by atoms with Crippen molar-refractivity contribution in [2.45, 2.75) is 37.6 Å². The van der Waals surface area contributed by atoms with Crippen LogP contribution in [0.3, 0.4) is 0 Å². The Morgan fingerprint density at radius 3 is 2.65 bits per heavy atom. The zero-order valence-electron chi connectivity index (χ0n) is 14.6. The number of nitrogens with one attached hydrogen (secondary N) is 1. The first kappa shape index (κ1) is 18.3. The molecule has 0 unspecified atom stereocenters. The minimum Gasteiger partial charge on any atom is -0.341 e. The maximum Gasteiger partial charge on any atom is 0.242 e. The fourth-order valence-electron chi connectivity index (χ4n) is 2.98. The quantitative estimate of drug-likeness (QED) is 0.864. The van der Waals surface area contributed by atoms with Gasteiger partial charge in [0.05, 0.1) is 22.7 Å². The molecule has 1 saturated heterocycles. The summed E-state index contributed by atoms with van der Waals surface area (Å²) < 4.78 is 27.6. The van der Waals surface area contributed by atoms with Crippen molar-refractivity contribution in [2.24, 2.45) is 0 Å². The lowest BCUT2D eigenvalue weighted by Crippen LogP contribution is -2.32. The second-order valence-electron chi connectivity index (χ2n) is 6.28. The van der Waals surface area contributed by atoms with Crippen LogP contribution in [0.15, 0.2) is 35.2 Å². The van der Waals surface area contributed by atoms with E-state index in [1.54, 1.807) is 18.2 Å². The number of hydrogen-bond donors (Lipinski definition) is 1. The highest BCUT2D eigenvalue weighted by Crippen LogP contribution is 2.18. The molecule has 0 saturated carbocycles. The van der Waals surface area contributed by atoms with Crippen molar-refractivity contribution in [3.05, 3.63) is 47.3 Å². The molecule has 26 heavy (non-hydrogen) atoms. The molecular formula is C18H21N5O2S. The molecule has 0 aliphatic carbocycles. The van der Waals surface area contributed by atoms with E-state index in [1.165, 1.54) is 18.6 Å². The molecule has 1 aromatic heterocycles. The number of sulfonamides is 1. The van der Waals surface area contributed by atoms with Gasteiger partial charge in [0.1, 0.15) is 6.07 Å². The van der Waals surface area contributed by atoms with Crippen LogP contribution in [-0.4, -0.2) is 31.5 Å². The Labute approximate surface area is 153 Å². The van der Waals surface area contributed by atoms with Crippen LogP contribution < -0.4 is 9.62 Å². The van der Waals surface area contributed by atoms with Crippen LogP contribution in [0.4, 0.5) is 5.95 Å². The summed E-state index contributed by atoms with van der Waals surface area (Å²) in [7, 11) is -3.80. The Hall–Kier alpha value is -2.50. The highest BCUT2D eigenvalue weighted by Gasteiger charge is 2.19. The minimum absolute atomic E-state index is 0.0236. The number of benzene rings is 1. The summed E-state index contributed by atoms with van der Waals surface area (Å²) in [5, 5.41) is 9.12. The maximum absolute atomic E-state index is 12.5. The number of rotatable bonds is 5. The third kappa shape index (κ3) is 4.18. The van der Waals surface area contributed by atoms with Crippen LogP contribution in [0.5, 0.6) is 0 Å². The lowest BCUT2D eigenvalue weighted by atomic mass is 10.1. The van der Waals surface area contributed by atoms with Crippen LogP contribution in [0.2, 0.25) is 0 Å². The van der Waals surface area contributed by atoms with E-state index in [-0.39, 0.29) is 17.0 Å². The highest BCUT2D eigenvalue weighted by atomic mass is 32.2. The maximum atomic E-state index is 12.5. The molecule has 1 aliphatic heterocycles. The molecule has 3 rings (SSSR count). The molecule has 2 aromatic rings. The van der Waals surface area contributed by atoms with Crippen LogP contribution in [0, 0.1) is 18.3 Å². The van der Waals surface area contributed by atoms with Crippen molar-refractivity contribution >= 4 is 16.0 Å². The monoisotopic (exact) mass is 371 g/mol. The van der Waals surface area contributed by atoms with E-state index >= 15 is 0 Å². The number of aromatic nitrogens is 2. The van der Waals surface area contributed by atoms with E-state index in [0.29, 0.717) is 11.6 Å². The van der Waals surface area contributed by atoms with Gasteiger partial charge in [-0.1, -0.05) is 12.1 Å². The normalized spacial score (nSPS) is 14.8. The van der Waals surface area contributed by atoms with Crippen LogP contribution in [0.1, 0.15) is 36.2 Å². The third-order valence-electron chi connectivity index (χ3n) is 4.27. The fourth-order valence-corrected chi connectivity index (χ4v) is 4.14. The first-order valence-electron chi connectivity index (χ1n) is 8.58. The predicted octanol–water partition coefficient (Wildman–Crippen LogP) is 2.13. The summed E-state index contributed by atoms with van der Waals surface area (Å²) >= 11 is 0. The third-order valence-corrected chi connectivity index (χ3v) is 5.73. The Morgan fingerprint density at radius 2 is 1.92 bits per heavy atom. The summed E-state index contributed by atoms with van der Waals surface area (Å²) in [5.41, 5.74) is 1.52. The van der Waals surface area contributed by atoms with Gasteiger partial charge in [0, 0.05) is 18.8 Å². The predicted molar refractivity (Wildman–Crippen MR) is 98.0 cm³/mol. The summed E-state index contributed by atoms with van der Waals surface area (Å²) in [6.45, 7) is 3.76. The van der Waals surface area contributed by atoms with Crippen molar-refractivity contribution in [1.82, 2.24) is 14.7 Å². The van der Waals surface area contributed by atoms with E-state index < -0.39 is 10.0 Å². The van der Waals surface area contributed by atoms with Crippen molar-refractivity contribution in [3.8, 4) is 6.07 Å². The van der Waals surface area contributed by atoms with Crippen LogP contribution in [-0.2, 0) is 16.6 Å². The van der Waals surface area contributed by atoms with Gasteiger partial charge in [0.2, 0.25) is 16.0 Å². The average molecular weight is 371 g/mol. The van der Waals surface area contributed by atoms with E-state index in [9.17, 15) is 8.42 Å². The van der Waals surface area contributed by atoms with Crippen molar-refractivity contribution < 1.29 is 8.42 Å². The fraction of sp³-hybridized carbons (Fsp3) is 0.389. The second-order valence-corrected chi connectivity index (χ2v) is 8.02. The first-order chi connectivity index (χ1) is 12.5. The largest absolute Gasteiger partial charge is 0.341 e. The summed E-state index contributed by atoms with van der Waals surface area (Å²) in [5.74, 6) is 0.649. The Morgan fingerprint density at radius 1 is 1.19 bits per heavy atom. The molecule has 136 valence electrons. The first-order valence-corrected chi connectivity index (χ1v) is 10.1. The molecule has 0 spiro atoms. The zero-order chi connectivity index (χ0) is 18.6. The molecular weight excluding hydrogens is 350 g/mol. The molecule has 2 heterocycles. The van der Waals surface area contributed by atoms with Gasteiger partial charge in [0.15, 0.2) is 0 Å². The number of nitriles is 1. The summed E-state index contributed by atoms with van der Waals surface area (Å²) in [4.78, 5) is 11.1. The minimum atomic E-state index is -3.80. The van der Waals surface area contributed by atoms with Crippen molar-refractivity contribution in [2.75, 3.05) is 18.0 Å². The van der Waals surface area contributed by atoms with Gasteiger partial charge in [0.25, 0.3) is 0 Å². The van der Waals surface area contributed by atoms with E-state index in [2.05, 4.69) is 19.6 Å². The molecule has 0 radical (unpaired) electrons. The van der Waals surface area contributed by atoms with Gasteiger partial charge in [-0.25, -0.2) is 23.1 Å². The number of piperidine rings is 1. The van der Waals surface area contributed by atoms with Gasteiger partial charge in [-0.2, -0.15) is 5.26 Å². The molecule has 0 bridgehead atoms. The van der Waals surface area contributed by atoms with E-state index in [0.717, 1.165) is 31.6 Å². The number of nitrogens with zero attached hydrogens (tertiary/aromatic N) is 4. The van der Waals surface area contributed by atoms with Gasteiger partial charge < -0.3 is 4.90 Å². The Bertz CT molecular complexity index is 931. The standard InChI is InChI=1S/C18H21N5O2S/c1-14-11-16(22-18(21-14)23-9-5-2-6-10-23)13-20-26(24,25)17-8-4-3-7-15(17)12-19/h3-4,7-8,11,20H,2,5-6,9-10,13H2,1H3. The molecule has 8 heteroatoms. The van der Waals surface area contributed by atoms with Gasteiger partial charge in [-0.05, 0) is 44.4 Å². The number of anilines is 1. The van der Waals surface area contributed by atoms with E-state index in [1.807, 2.05) is 13.0 Å². The van der Waals surface area contributed by atoms with Gasteiger partial charge >= 0.3 is 0 Å². The number of aryl methyl sites for hydroxylation is 1. The second kappa shape index (κ2) is 7.81. The summed E-state index contributed by atoms with van der Waals surface area (Å²) in [6, 6.07) is 9.82. The Kier molecular flexibility index (Phi) is 5.49. The van der Waals surface area contributed by atoms with Gasteiger partial charge in [-0.3, -0.25) is 0 Å². The van der Waals surface area contributed by atoms with Crippen LogP contribution >= 0.6 is 0 Å². The summed E-state index contributed by atoms with van der Waals surface area (Å²) in [6.07, 6.45) is 3.45. The van der Waals surface area contributed by atoms with Gasteiger partial charge in [-0.15, -0.1) is 0 Å².